The van der Waals surface area contributed by atoms with Crippen molar-refractivity contribution in [2.24, 2.45) is 5.92 Å². The number of amides is 1. The number of nitrogens with one attached hydrogen (secondary N) is 1. The van der Waals surface area contributed by atoms with Gasteiger partial charge >= 0.3 is 6.09 Å². The number of carbonyl (C=O) groups excluding carboxylic acids is 2. The number of rotatable bonds is 2. The van der Waals surface area contributed by atoms with Crippen LogP contribution in [0.15, 0.2) is 24.3 Å². The monoisotopic (exact) mass is 289 g/mol. The molecule has 0 heterocycles. The SMILES string of the molecule is CC1c2ccccc2CC(NC(=O)OC(C)(C)C)C1C=O. The van der Waals surface area contributed by atoms with E-state index in [1.54, 1.807) is 0 Å². The van der Waals surface area contributed by atoms with Crippen molar-refractivity contribution < 1.29 is 14.3 Å². The van der Waals surface area contributed by atoms with Gasteiger partial charge in [0.05, 0.1) is 0 Å². The number of hydrogen-bond acceptors (Lipinski definition) is 3. The van der Waals surface area contributed by atoms with Crippen molar-refractivity contribution in [3.63, 3.8) is 0 Å². The fourth-order valence-corrected chi connectivity index (χ4v) is 2.91. The Hall–Kier alpha value is -1.84. The molecule has 2 rings (SSSR count). The highest BCUT2D eigenvalue weighted by Gasteiger charge is 2.35. The van der Waals surface area contributed by atoms with Gasteiger partial charge < -0.3 is 14.8 Å². The molecule has 4 nitrogen and oxygen atoms in total. The molecule has 0 saturated heterocycles. The van der Waals surface area contributed by atoms with Crippen LogP contribution in [0.1, 0.15) is 44.7 Å². The molecule has 1 amide bonds. The van der Waals surface area contributed by atoms with Gasteiger partial charge in [-0.05, 0) is 44.2 Å². The lowest BCUT2D eigenvalue weighted by Gasteiger charge is -2.35. The van der Waals surface area contributed by atoms with Crippen molar-refractivity contribution in [1.82, 2.24) is 5.32 Å². The summed E-state index contributed by atoms with van der Waals surface area (Å²) < 4.78 is 5.29. The fraction of sp³-hybridized carbons (Fsp3) is 0.529. The molecule has 1 N–H and O–H groups in total. The van der Waals surface area contributed by atoms with Crippen LogP contribution in [-0.4, -0.2) is 24.0 Å². The molecule has 0 aliphatic heterocycles. The largest absolute Gasteiger partial charge is 0.444 e. The number of alkyl carbamates (subject to hydrolysis) is 1. The Balaban J connectivity index is 2.17. The van der Waals surface area contributed by atoms with E-state index in [1.165, 1.54) is 11.1 Å². The average Bonchev–Trinajstić information content (AvgIpc) is 2.37. The Labute approximate surface area is 125 Å². The molecule has 0 spiro atoms. The van der Waals surface area contributed by atoms with E-state index in [2.05, 4.69) is 17.4 Å². The maximum absolute atomic E-state index is 12.0. The van der Waals surface area contributed by atoms with Gasteiger partial charge in [0.25, 0.3) is 0 Å². The predicted molar refractivity (Wildman–Crippen MR) is 81.3 cm³/mol. The van der Waals surface area contributed by atoms with Gasteiger partial charge in [0.2, 0.25) is 0 Å². The zero-order chi connectivity index (χ0) is 15.6. The topological polar surface area (TPSA) is 55.4 Å². The first-order chi connectivity index (χ1) is 9.81. The van der Waals surface area contributed by atoms with E-state index in [0.29, 0.717) is 6.42 Å². The first-order valence-electron chi connectivity index (χ1n) is 7.34. The zero-order valence-electron chi connectivity index (χ0n) is 13.1. The number of benzene rings is 1. The van der Waals surface area contributed by atoms with E-state index in [0.717, 1.165) is 6.29 Å². The van der Waals surface area contributed by atoms with Gasteiger partial charge in [0.1, 0.15) is 11.9 Å². The number of ether oxygens (including phenoxy) is 1. The van der Waals surface area contributed by atoms with E-state index in [-0.39, 0.29) is 17.9 Å². The van der Waals surface area contributed by atoms with Crippen molar-refractivity contribution in [3.8, 4) is 0 Å². The van der Waals surface area contributed by atoms with Gasteiger partial charge in [-0.15, -0.1) is 0 Å². The van der Waals surface area contributed by atoms with E-state index < -0.39 is 11.7 Å². The normalized spacial score (nSPS) is 24.9. The van der Waals surface area contributed by atoms with Gasteiger partial charge in [-0.2, -0.15) is 0 Å². The summed E-state index contributed by atoms with van der Waals surface area (Å²) in [4.78, 5) is 23.4. The molecule has 0 bridgehead atoms. The van der Waals surface area contributed by atoms with Crippen LogP contribution in [0.3, 0.4) is 0 Å². The Morgan fingerprint density at radius 1 is 1.33 bits per heavy atom. The summed E-state index contributed by atoms with van der Waals surface area (Å²) in [7, 11) is 0. The fourth-order valence-electron chi connectivity index (χ4n) is 2.91. The second-order valence-corrected chi connectivity index (χ2v) is 6.66. The second-order valence-electron chi connectivity index (χ2n) is 6.66. The van der Waals surface area contributed by atoms with Gasteiger partial charge in [0, 0.05) is 12.0 Å². The summed E-state index contributed by atoms with van der Waals surface area (Å²) in [6.07, 6.45) is 1.14. The second kappa shape index (κ2) is 5.88. The molecule has 1 aromatic carbocycles. The molecular weight excluding hydrogens is 266 g/mol. The summed E-state index contributed by atoms with van der Waals surface area (Å²) in [5.41, 5.74) is 1.83. The van der Waals surface area contributed by atoms with Crippen molar-refractivity contribution >= 4 is 12.4 Å². The van der Waals surface area contributed by atoms with Crippen LogP contribution in [0.2, 0.25) is 0 Å². The number of carbonyl (C=O) groups is 2. The molecule has 0 aromatic heterocycles. The van der Waals surface area contributed by atoms with Gasteiger partial charge in [0.15, 0.2) is 0 Å². The van der Waals surface area contributed by atoms with Crippen LogP contribution in [0, 0.1) is 5.92 Å². The minimum absolute atomic E-state index is 0.0902. The zero-order valence-corrected chi connectivity index (χ0v) is 13.1. The summed E-state index contributed by atoms with van der Waals surface area (Å²) >= 11 is 0. The molecule has 0 saturated carbocycles. The Morgan fingerprint density at radius 2 is 2.00 bits per heavy atom. The lowest BCUT2D eigenvalue weighted by Crippen LogP contribution is -2.48. The lowest BCUT2D eigenvalue weighted by molar-refractivity contribution is -0.112. The highest BCUT2D eigenvalue weighted by Crippen LogP contribution is 2.35. The van der Waals surface area contributed by atoms with Gasteiger partial charge in [-0.25, -0.2) is 4.79 Å². The molecular formula is C17H23NO3. The molecule has 114 valence electrons. The summed E-state index contributed by atoms with van der Waals surface area (Å²) in [6.45, 7) is 7.49. The first kappa shape index (κ1) is 15.5. The van der Waals surface area contributed by atoms with Crippen LogP contribution in [0.4, 0.5) is 4.79 Å². The highest BCUT2D eigenvalue weighted by molar-refractivity contribution is 5.70. The molecule has 3 atom stereocenters. The summed E-state index contributed by atoms with van der Waals surface area (Å²) in [5.74, 6) is -0.139. The first-order valence-corrected chi connectivity index (χ1v) is 7.34. The van der Waals surface area contributed by atoms with Crippen molar-refractivity contribution in [2.75, 3.05) is 0 Å². The number of aldehydes is 1. The Kier molecular flexibility index (Phi) is 4.35. The minimum atomic E-state index is -0.543. The van der Waals surface area contributed by atoms with Gasteiger partial charge in [-0.3, -0.25) is 0 Å². The van der Waals surface area contributed by atoms with E-state index in [9.17, 15) is 9.59 Å². The van der Waals surface area contributed by atoms with Crippen molar-refractivity contribution in [2.45, 2.75) is 51.7 Å². The van der Waals surface area contributed by atoms with Crippen LogP contribution < -0.4 is 5.32 Å². The minimum Gasteiger partial charge on any atom is -0.444 e. The molecule has 3 unspecified atom stereocenters. The molecule has 1 aliphatic rings. The van der Waals surface area contributed by atoms with Crippen LogP contribution >= 0.6 is 0 Å². The molecule has 4 heteroatoms. The highest BCUT2D eigenvalue weighted by atomic mass is 16.6. The Morgan fingerprint density at radius 3 is 2.62 bits per heavy atom. The third-order valence-corrected chi connectivity index (χ3v) is 3.89. The number of hydrogen-bond donors (Lipinski definition) is 1. The van der Waals surface area contributed by atoms with E-state index >= 15 is 0 Å². The van der Waals surface area contributed by atoms with E-state index in [4.69, 9.17) is 4.74 Å². The molecule has 0 fully saturated rings. The Bertz CT molecular complexity index is 533. The third kappa shape index (κ3) is 3.63. The quantitative estimate of drug-likeness (QED) is 0.851. The predicted octanol–water partition coefficient (Wildman–Crippen LogP) is 3.05. The summed E-state index contributed by atoms with van der Waals surface area (Å²) in [5, 5.41) is 2.86. The van der Waals surface area contributed by atoms with Gasteiger partial charge in [-0.1, -0.05) is 31.2 Å². The van der Waals surface area contributed by atoms with Crippen molar-refractivity contribution in [3.05, 3.63) is 35.4 Å². The molecule has 1 aromatic rings. The maximum atomic E-state index is 12.0. The molecule has 1 aliphatic carbocycles. The lowest BCUT2D eigenvalue weighted by atomic mass is 9.74. The average molecular weight is 289 g/mol. The number of fused-ring (bicyclic) bond motifs is 1. The molecule has 0 radical (unpaired) electrons. The van der Waals surface area contributed by atoms with Crippen LogP contribution in [0.25, 0.3) is 0 Å². The smallest absolute Gasteiger partial charge is 0.407 e. The molecule has 21 heavy (non-hydrogen) atoms. The summed E-state index contributed by atoms with van der Waals surface area (Å²) in [6, 6.07) is 7.86. The third-order valence-electron chi connectivity index (χ3n) is 3.89. The van der Waals surface area contributed by atoms with Crippen molar-refractivity contribution in [1.29, 1.82) is 0 Å². The van der Waals surface area contributed by atoms with E-state index in [1.807, 2.05) is 39.8 Å². The van der Waals surface area contributed by atoms with Crippen LogP contribution in [-0.2, 0) is 16.0 Å². The standard InChI is InChI=1S/C17H23NO3/c1-11-13-8-6-5-7-12(13)9-15(14(11)10-19)18-16(20)21-17(2,3)4/h5-8,10-11,14-15H,9H2,1-4H3,(H,18,20). The van der Waals surface area contributed by atoms with Crippen LogP contribution in [0.5, 0.6) is 0 Å². The maximum Gasteiger partial charge on any atom is 0.407 e.